The molecule has 2 aromatic heterocycles. The average Bonchev–Trinajstić information content (AvgIpc) is 3.08. The largest absolute Gasteiger partial charge is 0.339 e. The van der Waals surface area contributed by atoms with Crippen LogP contribution in [0, 0.1) is 5.82 Å². The van der Waals surface area contributed by atoms with Crippen molar-refractivity contribution in [2.24, 2.45) is 7.05 Å². The van der Waals surface area contributed by atoms with Crippen LogP contribution in [-0.4, -0.2) is 62.6 Å². The zero-order valence-electron chi connectivity index (χ0n) is 15.7. The monoisotopic (exact) mass is 381 g/mol. The Morgan fingerprint density at radius 1 is 1.07 bits per heavy atom. The highest BCUT2D eigenvalue weighted by molar-refractivity contribution is 6.06. The summed E-state index contributed by atoms with van der Waals surface area (Å²) in [7, 11) is 1.75. The van der Waals surface area contributed by atoms with Crippen LogP contribution in [0.2, 0.25) is 0 Å². The molecule has 0 N–H and O–H groups in total. The van der Waals surface area contributed by atoms with E-state index in [4.69, 9.17) is 0 Å². The Bertz CT molecular complexity index is 1070. The number of benzene rings is 1. The number of piperazine rings is 1. The first-order valence-electron chi connectivity index (χ1n) is 9.07. The molecular formula is C20H20FN5O2. The van der Waals surface area contributed by atoms with Crippen LogP contribution in [0.4, 0.5) is 4.39 Å². The molecule has 3 aromatic rings. The fourth-order valence-corrected chi connectivity index (χ4v) is 3.48. The van der Waals surface area contributed by atoms with E-state index < -0.39 is 0 Å². The van der Waals surface area contributed by atoms with E-state index in [2.05, 4.69) is 10.1 Å². The van der Waals surface area contributed by atoms with E-state index in [9.17, 15) is 14.0 Å². The highest BCUT2D eigenvalue weighted by atomic mass is 19.1. The van der Waals surface area contributed by atoms with E-state index >= 15 is 0 Å². The van der Waals surface area contributed by atoms with Gasteiger partial charge in [-0.05, 0) is 18.2 Å². The van der Waals surface area contributed by atoms with Crippen LogP contribution in [0.5, 0.6) is 0 Å². The summed E-state index contributed by atoms with van der Waals surface area (Å²) in [6.07, 6.45) is 1.62. The third-order valence-corrected chi connectivity index (χ3v) is 5.07. The van der Waals surface area contributed by atoms with Crippen LogP contribution in [0.1, 0.15) is 17.3 Å². The van der Waals surface area contributed by atoms with E-state index in [0.717, 1.165) is 0 Å². The molecule has 1 fully saturated rings. The highest BCUT2D eigenvalue weighted by Crippen LogP contribution is 2.26. The number of nitrogens with zero attached hydrogens (tertiary/aromatic N) is 5. The second-order valence-electron chi connectivity index (χ2n) is 6.87. The van der Waals surface area contributed by atoms with Crippen molar-refractivity contribution in [2.75, 3.05) is 26.2 Å². The second kappa shape index (κ2) is 7.03. The maximum atomic E-state index is 13.7. The lowest BCUT2D eigenvalue weighted by Crippen LogP contribution is -2.50. The van der Waals surface area contributed by atoms with Crippen molar-refractivity contribution in [1.29, 1.82) is 0 Å². The summed E-state index contributed by atoms with van der Waals surface area (Å²) in [5.41, 5.74) is 2.15. The Labute approximate surface area is 161 Å². The van der Waals surface area contributed by atoms with E-state index in [1.165, 1.54) is 19.1 Å². The Hall–Kier alpha value is -3.29. The van der Waals surface area contributed by atoms with Gasteiger partial charge in [0.15, 0.2) is 5.65 Å². The van der Waals surface area contributed by atoms with Gasteiger partial charge >= 0.3 is 0 Å². The fraction of sp³-hybridized carbons (Fsp3) is 0.300. The number of carbonyl (C=O) groups is 2. The standard InChI is InChI=1S/C20H20FN5O2/c1-13(27)25-6-8-26(9-7-25)20(28)16-11-18(14-4-3-5-15(21)10-14)23-19-17(16)12-22-24(19)2/h3-5,10-12H,6-9H2,1-2H3. The van der Waals surface area contributed by atoms with Crippen LogP contribution in [0.25, 0.3) is 22.3 Å². The van der Waals surface area contributed by atoms with Crippen molar-refractivity contribution in [2.45, 2.75) is 6.92 Å². The lowest BCUT2D eigenvalue weighted by atomic mass is 10.1. The summed E-state index contributed by atoms with van der Waals surface area (Å²) < 4.78 is 15.3. The van der Waals surface area contributed by atoms with E-state index in [1.54, 1.807) is 45.9 Å². The van der Waals surface area contributed by atoms with Gasteiger partial charge in [0.1, 0.15) is 5.82 Å². The molecule has 3 heterocycles. The number of halogens is 1. The molecule has 2 amide bonds. The van der Waals surface area contributed by atoms with Gasteiger partial charge in [0.2, 0.25) is 5.91 Å². The van der Waals surface area contributed by atoms with Crippen molar-refractivity contribution in [3.05, 3.63) is 47.9 Å². The molecule has 1 aliphatic heterocycles. The van der Waals surface area contributed by atoms with Crippen molar-refractivity contribution in [1.82, 2.24) is 24.6 Å². The minimum Gasteiger partial charge on any atom is -0.339 e. The molecule has 0 atom stereocenters. The molecule has 8 heteroatoms. The summed E-state index contributed by atoms with van der Waals surface area (Å²) >= 11 is 0. The van der Waals surface area contributed by atoms with Crippen LogP contribution >= 0.6 is 0 Å². The Balaban J connectivity index is 1.74. The fourth-order valence-electron chi connectivity index (χ4n) is 3.48. The lowest BCUT2D eigenvalue weighted by Gasteiger charge is -2.34. The molecule has 0 bridgehead atoms. The molecular weight excluding hydrogens is 361 g/mol. The first-order chi connectivity index (χ1) is 13.4. The van der Waals surface area contributed by atoms with Gasteiger partial charge < -0.3 is 9.80 Å². The van der Waals surface area contributed by atoms with Gasteiger partial charge in [-0.1, -0.05) is 12.1 Å². The molecule has 0 unspecified atom stereocenters. The van der Waals surface area contributed by atoms with Crippen LogP contribution in [-0.2, 0) is 11.8 Å². The summed E-state index contributed by atoms with van der Waals surface area (Å²) in [4.78, 5) is 32.8. The number of carbonyl (C=O) groups excluding carboxylic acids is 2. The van der Waals surface area contributed by atoms with Crippen molar-refractivity contribution >= 4 is 22.8 Å². The molecule has 7 nitrogen and oxygen atoms in total. The number of pyridine rings is 1. The number of aryl methyl sites for hydroxylation is 1. The van der Waals surface area contributed by atoms with Gasteiger partial charge in [0.05, 0.1) is 22.8 Å². The van der Waals surface area contributed by atoms with Gasteiger partial charge in [0, 0.05) is 45.7 Å². The molecule has 28 heavy (non-hydrogen) atoms. The quantitative estimate of drug-likeness (QED) is 0.681. The van der Waals surface area contributed by atoms with E-state index in [0.29, 0.717) is 54.0 Å². The summed E-state index contributed by atoms with van der Waals surface area (Å²) in [6, 6.07) is 7.82. The Morgan fingerprint density at radius 2 is 1.79 bits per heavy atom. The zero-order chi connectivity index (χ0) is 19.8. The van der Waals surface area contributed by atoms with Gasteiger partial charge in [-0.15, -0.1) is 0 Å². The zero-order valence-corrected chi connectivity index (χ0v) is 15.7. The first kappa shape index (κ1) is 18.1. The minimum atomic E-state index is -0.363. The Morgan fingerprint density at radius 3 is 2.46 bits per heavy atom. The molecule has 0 saturated carbocycles. The molecule has 1 aromatic carbocycles. The summed E-state index contributed by atoms with van der Waals surface area (Å²) in [6.45, 7) is 3.50. The number of fused-ring (bicyclic) bond motifs is 1. The SMILES string of the molecule is CC(=O)N1CCN(C(=O)c2cc(-c3cccc(F)c3)nc3c2cnn3C)CC1. The maximum absolute atomic E-state index is 13.7. The van der Waals surface area contributed by atoms with Crippen LogP contribution in [0.15, 0.2) is 36.5 Å². The molecule has 1 aliphatic rings. The Kier molecular flexibility index (Phi) is 4.54. The van der Waals surface area contributed by atoms with Crippen molar-refractivity contribution in [3.8, 4) is 11.3 Å². The third-order valence-electron chi connectivity index (χ3n) is 5.07. The van der Waals surface area contributed by atoms with Crippen molar-refractivity contribution < 1.29 is 14.0 Å². The van der Waals surface area contributed by atoms with Gasteiger partial charge in [-0.25, -0.2) is 9.37 Å². The number of hydrogen-bond acceptors (Lipinski definition) is 4. The molecule has 4 rings (SSSR count). The number of aromatic nitrogens is 3. The smallest absolute Gasteiger partial charge is 0.254 e. The normalized spacial score (nSPS) is 14.5. The second-order valence-corrected chi connectivity index (χ2v) is 6.87. The summed E-state index contributed by atoms with van der Waals surface area (Å²) in [5.74, 6) is -0.488. The van der Waals surface area contributed by atoms with E-state index in [-0.39, 0.29) is 17.6 Å². The molecule has 144 valence electrons. The number of amides is 2. The topological polar surface area (TPSA) is 71.3 Å². The molecule has 0 spiro atoms. The number of hydrogen-bond donors (Lipinski definition) is 0. The molecule has 0 radical (unpaired) electrons. The van der Waals surface area contributed by atoms with Gasteiger partial charge in [-0.2, -0.15) is 5.10 Å². The molecule has 0 aliphatic carbocycles. The lowest BCUT2D eigenvalue weighted by molar-refractivity contribution is -0.130. The predicted molar refractivity (Wildman–Crippen MR) is 102 cm³/mol. The summed E-state index contributed by atoms with van der Waals surface area (Å²) in [5, 5.41) is 4.88. The molecule has 1 saturated heterocycles. The van der Waals surface area contributed by atoms with Gasteiger partial charge in [-0.3, -0.25) is 14.3 Å². The van der Waals surface area contributed by atoms with Gasteiger partial charge in [0.25, 0.3) is 5.91 Å². The van der Waals surface area contributed by atoms with Crippen LogP contribution < -0.4 is 0 Å². The average molecular weight is 381 g/mol. The van der Waals surface area contributed by atoms with Crippen LogP contribution in [0.3, 0.4) is 0 Å². The number of rotatable bonds is 2. The van der Waals surface area contributed by atoms with Crippen molar-refractivity contribution in [3.63, 3.8) is 0 Å². The first-order valence-corrected chi connectivity index (χ1v) is 9.07. The highest BCUT2D eigenvalue weighted by Gasteiger charge is 2.26. The third kappa shape index (κ3) is 3.21. The minimum absolute atomic E-state index is 0.0130. The predicted octanol–water partition coefficient (Wildman–Crippen LogP) is 2.08. The van der Waals surface area contributed by atoms with E-state index in [1.807, 2.05) is 0 Å². The maximum Gasteiger partial charge on any atom is 0.254 e.